The van der Waals surface area contributed by atoms with Crippen LogP contribution in [0.2, 0.25) is 0 Å². The van der Waals surface area contributed by atoms with Crippen molar-refractivity contribution >= 4 is 11.5 Å². The molecule has 1 aromatic carbocycles. The van der Waals surface area contributed by atoms with Gasteiger partial charge in [0.1, 0.15) is 12.1 Å². The third-order valence-electron chi connectivity index (χ3n) is 2.88. The zero-order valence-electron chi connectivity index (χ0n) is 11.9. The molecule has 0 spiro atoms. The molecular formula is C14H16N4O3. The Morgan fingerprint density at radius 1 is 1.29 bits per heavy atom. The highest BCUT2D eigenvalue weighted by Crippen LogP contribution is 2.35. The molecule has 0 radical (unpaired) electrons. The number of rotatable bonds is 6. The third kappa shape index (κ3) is 3.25. The van der Waals surface area contributed by atoms with Crippen molar-refractivity contribution in [2.75, 3.05) is 11.9 Å². The second kappa shape index (κ2) is 6.65. The number of hydrogen-bond donors (Lipinski definition) is 1. The number of hydrogen-bond acceptors (Lipinski definition) is 6. The van der Waals surface area contributed by atoms with E-state index in [2.05, 4.69) is 15.3 Å². The molecule has 7 nitrogen and oxygen atoms in total. The number of nitrogens with zero attached hydrogens (tertiary/aromatic N) is 3. The Bertz CT molecular complexity index is 646. The van der Waals surface area contributed by atoms with Crippen molar-refractivity contribution < 1.29 is 9.66 Å². The average Bonchev–Trinajstić information content (AvgIpc) is 2.48. The van der Waals surface area contributed by atoms with Gasteiger partial charge < -0.3 is 10.1 Å². The van der Waals surface area contributed by atoms with Crippen LogP contribution in [0.1, 0.15) is 19.4 Å². The van der Waals surface area contributed by atoms with Crippen molar-refractivity contribution in [1.29, 1.82) is 0 Å². The smallest absolute Gasteiger partial charge is 0.373 e. The minimum Gasteiger partial charge on any atom is -0.433 e. The topological polar surface area (TPSA) is 90.2 Å². The Hall–Kier alpha value is -2.70. The molecule has 1 aromatic heterocycles. The van der Waals surface area contributed by atoms with Gasteiger partial charge in [-0.25, -0.2) is 4.98 Å². The van der Waals surface area contributed by atoms with Crippen LogP contribution in [0.15, 0.2) is 30.6 Å². The van der Waals surface area contributed by atoms with Gasteiger partial charge in [-0.15, -0.1) is 0 Å². The van der Waals surface area contributed by atoms with Crippen LogP contribution < -0.4 is 10.1 Å². The number of nitro groups is 1. The fraction of sp³-hybridized carbons (Fsp3) is 0.286. The van der Waals surface area contributed by atoms with E-state index in [1.165, 1.54) is 6.33 Å². The van der Waals surface area contributed by atoms with Gasteiger partial charge >= 0.3 is 11.6 Å². The maximum atomic E-state index is 11.3. The van der Waals surface area contributed by atoms with Crippen molar-refractivity contribution in [2.24, 2.45) is 0 Å². The predicted octanol–water partition coefficient (Wildman–Crippen LogP) is 3.17. The maximum absolute atomic E-state index is 11.3. The molecule has 1 heterocycles. The summed E-state index contributed by atoms with van der Waals surface area (Å²) in [7, 11) is 0. The molecule has 0 bridgehead atoms. The number of nitrogens with one attached hydrogen (secondary N) is 1. The first-order chi connectivity index (χ1) is 10.2. The first-order valence-corrected chi connectivity index (χ1v) is 6.66. The Kier molecular flexibility index (Phi) is 4.65. The van der Waals surface area contributed by atoms with Gasteiger partial charge in [-0.2, -0.15) is 4.98 Å². The lowest BCUT2D eigenvalue weighted by molar-refractivity contribution is -0.385. The predicted molar refractivity (Wildman–Crippen MR) is 78.7 cm³/mol. The average molecular weight is 288 g/mol. The van der Waals surface area contributed by atoms with Gasteiger partial charge in [0.15, 0.2) is 0 Å². The van der Waals surface area contributed by atoms with Gasteiger partial charge in [-0.1, -0.05) is 25.1 Å². The minimum absolute atomic E-state index is 0.0631. The Balaban J connectivity index is 2.44. The summed E-state index contributed by atoms with van der Waals surface area (Å²) in [6.07, 6.45) is 2.00. The van der Waals surface area contributed by atoms with Crippen molar-refractivity contribution in [3.8, 4) is 11.6 Å². The van der Waals surface area contributed by atoms with Gasteiger partial charge in [0, 0.05) is 6.54 Å². The normalized spacial score (nSPS) is 10.2. The molecule has 0 fully saturated rings. The van der Waals surface area contributed by atoms with E-state index < -0.39 is 4.92 Å². The zero-order chi connectivity index (χ0) is 15.2. The zero-order valence-corrected chi connectivity index (χ0v) is 11.9. The number of para-hydroxylation sites is 1. The summed E-state index contributed by atoms with van der Waals surface area (Å²) in [5, 5.41) is 14.1. The standard InChI is InChI=1S/C14H16N4O3/c1-3-10-7-5-6-8-11(10)21-14-12(18(19)20)13(15-4-2)16-9-17-14/h5-9H,3-4H2,1-2H3,(H,15,16,17). The van der Waals surface area contributed by atoms with Crippen LogP contribution in [0, 0.1) is 10.1 Å². The van der Waals surface area contributed by atoms with Crippen LogP contribution in [-0.4, -0.2) is 21.4 Å². The fourth-order valence-electron chi connectivity index (χ4n) is 1.90. The summed E-state index contributed by atoms with van der Waals surface area (Å²) >= 11 is 0. The van der Waals surface area contributed by atoms with Gasteiger partial charge in [-0.05, 0) is 25.0 Å². The molecule has 2 rings (SSSR count). The molecule has 21 heavy (non-hydrogen) atoms. The van der Waals surface area contributed by atoms with Crippen LogP contribution in [0.4, 0.5) is 11.5 Å². The maximum Gasteiger partial charge on any atom is 0.373 e. The highest BCUT2D eigenvalue weighted by Gasteiger charge is 2.25. The van der Waals surface area contributed by atoms with Crippen molar-refractivity contribution in [1.82, 2.24) is 9.97 Å². The second-order valence-electron chi connectivity index (χ2n) is 4.23. The quantitative estimate of drug-likeness (QED) is 0.648. The van der Waals surface area contributed by atoms with E-state index in [4.69, 9.17) is 4.74 Å². The first kappa shape index (κ1) is 14.7. The summed E-state index contributed by atoms with van der Waals surface area (Å²) in [6, 6.07) is 7.38. The van der Waals surface area contributed by atoms with E-state index in [-0.39, 0.29) is 17.4 Å². The Morgan fingerprint density at radius 3 is 2.71 bits per heavy atom. The lowest BCUT2D eigenvalue weighted by Gasteiger charge is -2.10. The molecule has 2 aromatic rings. The van der Waals surface area contributed by atoms with Gasteiger partial charge in [-0.3, -0.25) is 10.1 Å². The molecule has 0 aliphatic carbocycles. The van der Waals surface area contributed by atoms with Crippen LogP contribution >= 0.6 is 0 Å². The van der Waals surface area contributed by atoms with Gasteiger partial charge in [0.2, 0.25) is 5.82 Å². The molecule has 1 N–H and O–H groups in total. The van der Waals surface area contributed by atoms with Crippen molar-refractivity contribution in [3.05, 3.63) is 46.3 Å². The molecule has 0 aliphatic rings. The molecule has 0 aliphatic heterocycles. The molecule has 110 valence electrons. The van der Waals surface area contributed by atoms with E-state index in [1.807, 2.05) is 32.0 Å². The van der Waals surface area contributed by atoms with E-state index in [0.29, 0.717) is 12.3 Å². The molecule has 0 amide bonds. The number of aromatic nitrogens is 2. The third-order valence-corrected chi connectivity index (χ3v) is 2.88. The van der Waals surface area contributed by atoms with Crippen molar-refractivity contribution in [2.45, 2.75) is 20.3 Å². The molecule has 0 atom stereocenters. The van der Waals surface area contributed by atoms with E-state index >= 15 is 0 Å². The number of benzene rings is 1. The van der Waals surface area contributed by atoms with Crippen LogP contribution in [-0.2, 0) is 6.42 Å². The molecule has 0 unspecified atom stereocenters. The summed E-state index contributed by atoms with van der Waals surface area (Å²) < 4.78 is 5.65. The molecule has 0 saturated carbocycles. The number of anilines is 1. The summed E-state index contributed by atoms with van der Waals surface area (Å²) in [5.41, 5.74) is 0.695. The minimum atomic E-state index is -0.540. The highest BCUT2D eigenvalue weighted by atomic mass is 16.6. The second-order valence-corrected chi connectivity index (χ2v) is 4.23. The fourth-order valence-corrected chi connectivity index (χ4v) is 1.90. The van der Waals surface area contributed by atoms with E-state index in [1.54, 1.807) is 6.07 Å². The largest absolute Gasteiger partial charge is 0.433 e. The van der Waals surface area contributed by atoms with E-state index in [9.17, 15) is 10.1 Å². The van der Waals surface area contributed by atoms with E-state index in [0.717, 1.165) is 12.0 Å². The summed E-state index contributed by atoms with van der Waals surface area (Å²) in [6.45, 7) is 4.34. The summed E-state index contributed by atoms with van der Waals surface area (Å²) in [5.74, 6) is 0.651. The number of ether oxygens (including phenoxy) is 1. The monoisotopic (exact) mass is 288 g/mol. The highest BCUT2D eigenvalue weighted by molar-refractivity contribution is 5.61. The Morgan fingerprint density at radius 2 is 2.05 bits per heavy atom. The van der Waals surface area contributed by atoms with Crippen LogP contribution in [0.3, 0.4) is 0 Å². The lowest BCUT2D eigenvalue weighted by Crippen LogP contribution is -2.06. The van der Waals surface area contributed by atoms with Gasteiger partial charge in [0.25, 0.3) is 0 Å². The van der Waals surface area contributed by atoms with Crippen LogP contribution in [0.25, 0.3) is 0 Å². The first-order valence-electron chi connectivity index (χ1n) is 6.66. The lowest BCUT2D eigenvalue weighted by atomic mass is 10.1. The molecular weight excluding hydrogens is 272 g/mol. The van der Waals surface area contributed by atoms with Gasteiger partial charge in [0.05, 0.1) is 4.92 Å². The molecule has 0 saturated heterocycles. The SMILES string of the molecule is CCNc1ncnc(Oc2ccccc2CC)c1[N+](=O)[O-]. The molecule has 7 heteroatoms. The Labute approximate surface area is 122 Å². The number of aryl methyl sites for hydroxylation is 1. The van der Waals surface area contributed by atoms with Crippen LogP contribution in [0.5, 0.6) is 11.6 Å². The van der Waals surface area contributed by atoms with Crippen molar-refractivity contribution in [3.63, 3.8) is 0 Å². The summed E-state index contributed by atoms with van der Waals surface area (Å²) in [4.78, 5) is 18.5.